The maximum atomic E-state index is 11.8. The lowest BCUT2D eigenvalue weighted by Gasteiger charge is -2.34. The van der Waals surface area contributed by atoms with E-state index in [1.807, 2.05) is 13.0 Å². The number of carbonyl (C=O) groups is 1. The van der Waals surface area contributed by atoms with Gasteiger partial charge in [-0.1, -0.05) is 6.07 Å². The number of rotatable bonds is 1. The van der Waals surface area contributed by atoms with Crippen LogP contribution >= 0.6 is 0 Å². The Labute approximate surface area is 100 Å². The summed E-state index contributed by atoms with van der Waals surface area (Å²) in [4.78, 5) is 17.2. The molecule has 0 saturated carbocycles. The Hall–Kier alpha value is -1.62. The van der Waals surface area contributed by atoms with Crippen molar-refractivity contribution < 1.29 is 14.6 Å². The lowest BCUT2D eigenvalue weighted by Crippen LogP contribution is -2.54. The van der Waals surface area contributed by atoms with Crippen LogP contribution in [0.25, 0.3) is 0 Å². The number of hydrogen-bond donors (Lipinski definition) is 1. The highest BCUT2D eigenvalue weighted by atomic mass is 16.6. The van der Waals surface area contributed by atoms with Gasteiger partial charge in [0.05, 0.1) is 0 Å². The number of aromatic nitrogens is 1. The smallest absolute Gasteiger partial charge is 0.418 e. The molecular weight excluding hydrogens is 220 g/mol. The molecule has 0 aliphatic carbocycles. The zero-order valence-corrected chi connectivity index (χ0v) is 10.4. The number of ether oxygens (including phenoxy) is 1. The van der Waals surface area contributed by atoms with Crippen LogP contribution in [0.2, 0.25) is 0 Å². The number of pyridine rings is 1. The van der Waals surface area contributed by atoms with Crippen LogP contribution in [0.15, 0.2) is 18.2 Å². The molecule has 1 aromatic rings. The number of hydrogen-bond acceptors (Lipinski definition) is 4. The minimum Gasteiger partial charge on any atom is -0.438 e. The monoisotopic (exact) mass is 236 g/mol. The van der Waals surface area contributed by atoms with Crippen molar-refractivity contribution in [1.29, 1.82) is 0 Å². The Morgan fingerprint density at radius 3 is 2.47 bits per heavy atom. The summed E-state index contributed by atoms with van der Waals surface area (Å²) in [6, 6.07) is 5.28. The number of anilines is 1. The third-order valence-electron chi connectivity index (χ3n) is 3.20. The van der Waals surface area contributed by atoms with Crippen LogP contribution in [0, 0.1) is 6.92 Å². The Morgan fingerprint density at radius 1 is 1.35 bits per heavy atom. The molecule has 1 aliphatic heterocycles. The maximum Gasteiger partial charge on any atom is 0.418 e. The van der Waals surface area contributed by atoms with Gasteiger partial charge in [0.15, 0.2) is 11.3 Å². The van der Waals surface area contributed by atoms with E-state index >= 15 is 0 Å². The Morgan fingerprint density at radius 2 is 2.00 bits per heavy atom. The first-order valence-electron chi connectivity index (χ1n) is 5.45. The van der Waals surface area contributed by atoms with Crippen molar-refractivity contribution in [3.05, 3.63) is 23.9 Å². The molecule has 2 heterocycles. The van der Waals surface area contributed by atoms with Gasteiger partial charge in [-0.15, -0.1) is 0 Å². The van der Waals surface area contributed by atoms with Crippen LogP contribution in [-0.4, -0.2) is 27.5 Å². The van der Waals surface area contributed by atoms with Gasteiger partial charge in [-0.2, -0.15) is 0 Å². The summed E-state index contributed by atoms with van der Waals surface area (Å²) >= 11 is 0. The van der Waals surface area contributed by atoms with E-state index in [-0.39, 0.29) is 0 Å². The number of cyclic esters (lactones) is 1. The SMILES string of the molecule is Cc1cccc(N2C(=O)OC(C)(C)[C@@]2(C)O)n1. The number of nitrogens with zero attached hydrogens (tertiary/aromatic N) is 2. The first-order chi connectivity index (χ1) is 7.75. The van der Waals surface area contributed by atoms with Gasteiger partial charge in [-0.25, -0.2) is 14.7 Å². The normalized spacial score (nSPS) is 27.1. The van der Waals surface area contributed by atoms with Gasteiger partial charge in [0, 0.05) is 5.69 Å². The topological polar surface area (TPSA) is 62.7 Å². The van der Waals surface area contributed by atoms with Crippen molar-refractivity contribution in [3.63, 3.8) is 0 Å². The fourth-order valence-electron chi connectivity index (χ4n) is 1.78. The molecule has 1 atom stereocenters. The van der Waals surface area contributed by atoms with E-state index in [9.17, 15) is 9.90 Å². The van der Waals surface area contributed by atoms with E-state index in [1.54, 1.807) is 32.9 Å². The molecular formula is C12H16N2O3. The van der Waals surface area contributed by atoms with E-state index < -0.39 is 17.4 Å². The van der Waals surface area contributed by atoms with Crippen LogP contribution in [-0.2, 0) is 4.74 Å². The van der Waals surface area contributed by atoms with E-state index in [0.717, 1.165) is 5.69 Å². The zero-order chi connectivity index (χ0) is 12.8. The fraction of sp³-hybridized carbons (Fsp3) is 0.500. The minimum atomic E-state index is -1.43. The summed E-state index contributed by atoms with van der Waals surface area (Å²) in [5, 5.41) is 10.4. The number of aliphatic hydroxyl groups is 1. The summed E-state index contributed by atoms with van der Waals surface area (Å²) in [7, 11) is 0. The van der Waals surface area contributed by atoms with Crippen molar-refractivity contribution in [2.24, 2.45) is 0 Å². The molecule has 0 aromatic carbocycles. The zero-order valence-electron chi connectivity index (χ0n) is 10.4. The predicted octanol–water partition coefficient (Wildman–Crippen LogP) is 1.83. The molecule has 92 valence electrons. The van der Waals surface area contributed by atoms with E-state index in [1.165, 1.54) is 4.90 Å². The lowest BCUT2D eigenvalue weighted by atomic mass is 9.96. The molecule has 0 bridgehead atoms. The van der Waals surface area contributed by atoms with Gasteiger partial charge in [0.2, 0.25) is 0 Å². The first kappa shape index (κ1) is 11.9. The fourth-order valence-corrected chi connectivity index (χ4v) is 1.78. The molecule has 1 saturated heterocycles. The average molecular weight is 236 g/mol. The van der Waals surface area contributed by atoms with Crippen LogP contribution in [0.3, 0.4) is 0 Å². The second kappa shape index (κ2) is 3.43. The number of carbonyl (C=O) groups excluding carboxylic acids is 1. The van der Waals surface area contributed by atoms with Crippen LogP contribution in [0.1, 0.15) is 26.5 Å². The average Bonchev–Trinajstić information content (AvgIpc) is 2.31. The molecule has 1 aromatic heterocycles. The summed E-state index contributed by atoms with van der Waals surface area (Å²) in [6.45, 7) is 6.70. The van der Waals surface area contributed by atoms with Gasteiger partial charge in [0.25, 0.3) is 0 Å². The standard InChI is InChI=1S/C12H16N2O3/c1-8-6-5-7-9(13-8)14-10(15)17-11(2,3)12(14,4)16/h5-7,16H,1-4H3/t12-/m1/s1. The molecule has 1 fully saturated rings. The summed E-state index contributed by atoms with van der Waals surface area (Å²) < 4.78 is 5.17. The van der Waals surface area contributed by atoms with Gasteiger partial charge in [-0.3, -0.25) is 0 Å². The van der Waals surface area contributed by atoms with E-state index in [0.29, 0.717) is 5.82 Å². The predicted molar refractivity (Wildman–Crippen MR) is 62.6 cm³/mol. The molecule has 1 amide bonds. The highest BCUT2D eigenvalue weighted by Crippen LogP contribution is 2.39. The number of amides is 1. The lowest BCUT2D eigenvalue weighted by molar-refractivity contribution is -0.0725. The molecule has 0 unspecified atom stereocenters. The number of aryl methyl sites for hydroxylation is 1. The largest absolute Gasteiger partial charge is 0.438 e. The van der Waals surface area contributed by atoms with E-state index in [2.05, 4.69) is 4.98 Å². The molecule has 1 N–H and O–H groups in total. The van der Waals surface area contributed by atoms with Crippen LogP contribution in [0.5, 0.6) is 0 Å². The summed E-state index contributed by atoms with van der Waals surface area (Å²) in [5.41, 5.74) is -1.63. The van der Waals surface area contributed by atoms with Crippen molar-refractivity contribution in [2.75, 3.05) is 4.90 Å². The second-order valence-electron chi connectivity index (χ2n) is 4.87. The Balaban J connectivity index is 2.49. The molecule has 5 nitrogen and oxygen atoms in total. The molecule has 0 radical (unpaired) electrons. The van der Waals surface area contributed by atoms with Crippen molar-refractivity contribution in [1.82, 2.24) is 4.98 Å². The van der Waals surface area contributed by atoms with Crippen LogP contribution < -0.4 is 4.90 Å². The molecule has 5 heteroatoms. The summed E-state index contributed by atoms with van der Waals surface area (Å²) in [5.74, 6) is 0.394. The molecule has 1 aliphatic rings. The second-order valence-corrected chi connectivity index (χ2v) is 4.87. The first-order valence-corrected chi connectivity index (χ1v) is 5.45. The van der Waals surface area contributed by atoms with Crippen molar-refractivity contribution in [2.45, 2.75) is 39.0 Å². The van der Waals surface area contributed by atoms with Gasteiger partial charge < -0.3 is 9.84 Å². The van der Waals surface area contributed by atoms with Crippen molar-refractivity contribution in [3.8, 4) is 0 Å². The quantitative estimate of drug-likeness (QED) is 0.808. The Kier molecular flexibility index (Phi) is 2.39. The third-order valence-corrected chi connectivity index (χ3v) is 3.20. The van der Waals surface area contributed by atoms with Gasteiger partial charge in [-0.05, 0) is 39.8 Å². The van der Waals surface area contributed by atoms with Crippen LogP contribution in [0.4, 0.5) is 10.6 Å². The Bertz CT molecular complexity index is 469. The highest BCUT2D eigenvalue weighted by molar-refractivity contribution is 5.90. The summed E-state index contributed by atoms with van der Waals surface area (Å²) in [6.07, 6.45) is -0.585. The molecule has 17 heavy (non-hydrogen) atoms. The minimum absolute atomic E-state index is 0.394. The highest BCUT2D eigenvalue weighted by Gasteiger charge is 2.57. The molecule has 0 spiro atoms. The van der Waals surface area contributed by atoms with Gasteiger partial charge >= 0.3 is 6.09 Å². The van der Waals surface area contributed by atoms with E-state index in [4.69, 9.17) is 4.74 Å². The van der Waals surface area contributed by atoms with Gasteiger partial charge in [0.1, 0.15) is 5.82 Å². The maximum absolute atomic E-state index is 11.8. The third kappa shape index (κ3) is 1.67. The molecule has 2 rings (SSSR count). The van der Waals surface area contributed by atoms with Crippen molar-refractivity contribution >= 4 is 11.9 Å².